The Kier molecular flexibility index (Phi) is 4.37. The van der Waals surface area contributed by atoms with Crippen LogP contribution in [0.3, 0.4) is 0 Å². The Balaban J connectivity index is 2.75. The minimum atomic E-state index is 0.532. The Labute approximate surface area is 123 Å². The van der Waals surface area contributed by atoms with Crippen molar-refractivity contribution in [2.24, 2.45) is 0 Å². The van der Waals surface area contributed by atoms with Crippen LogP contribution in [0.15, 0.2) is 30.5 Å². The van der Waals surface area contributed by atoms with Crippen LogP contribution in [0, 0.1) is 0 Å². The summed E-state index contributed by atoms with van der Waals surface area (Å²) in [6, 6.07) is 9.07. The molecule has 0 radical (unpaired) electrons. The Morgan fingerprint density at radius 1 is 0.800 bits per heavy atom. The van der Waals surface area contributed by atoms with Crippen molar-refractivity contribution in [1.82, 2.24) is 4.98 Å². The second-order valence-electron chi connectivity index (χ2n) is 6.62. The molecule has 0 aliphatic heterocycles. The van der Waals surface area contributed by atoms with Gasteiger partial charge in [0.05, 0.1) is 0 Å². The highest BCUT2D eigenvalue weighted by molar-refractivity contribution is 5.70. The fourth-order valence-corrected chi connectivity index (χ4v) is 2.75. The Hall–Kier alpha value is -1.50. The first kappa shape index (κ1) is 14.9. The van der Waals surface area contributed by atoms with Gasteiger partial charge in [0.25, 0.3) is 0 Å². The van der Waals surface area contributed by atoms with Crippen LogP contribution in [-0.4, -0.2) is 4.98 Å². The van der Waals surface area contributed by atoms with Gasteiger partial charge >= 0.3 is 0 Å². The number of hydrogen-bond acceptors (Lipinski definition) is 0. The fourth-order valence-electron chi connectivity index (χ4n) is 2.75. The molecule has 1 nitrogen and oxygen atoms in total. The van der Waals surface area contributed by atoms with Crippen molar-refractivity contribution in [3.63, 3.8) is 0 Å². The second-order valence-corrected chi connectivity index (χ2v) is 6.62. The van der Waals surface area contributed by atoms with E-state index in [2.05, 4.69) is 70.8 Å². The van der Waals surface area contributed by atoms with Gasteiger partial charge in [-0.3, -0.25) is 0 Å². The maximum atomic E-state index is 3.39. The third-order valence-electron chi connectivity index (χ3n) is 4.00. The normalized spacial score (nSPS) is 11.8. The SMILES string of the molecule is CC(C)c1cc(C(C)C)c(-c2ccc[nH]2)c(C(C)C)c1. The zero-order valence-electron chi connectivity index (χ0n) is 13.6. The van der Waals surface area contributed by atoms with Crippen molar-refractivity contribution in [2.45, 2.75) is 59.3 Å². The smallest absolute Gasteiger partial charge is 0.0459 e. The second kappa shape index (κ2) is 5.87. The number of nitrogens with one attached hydrogen (secondary N) is 1. The summed E-state index contributed by atoms with van der Waals surface area (Å²) in [5, 5.41) is 0. The minimum absolute atomic E-state index is 0.532. The number of aromatic nitrogens is 1. The van der Waals surface area contributed by atoms with E-state index in [-0.39, 0.29) is 0 Å². The zero-order chi connectivity index (χ0) is 14.9. The van der Waals surface area contributed by atoms with Gasteiger partial charge in [-0.05, 0) is 46.6 Å². The first-order valence-corrected chi connectivity index (χ1v) is 7.73. The maximum Gasteiger partial charge on any atom is 0.0459 e. The van der Waals surface area contributed by atoms with Gasteiger partial charge in [-0.25, -0.2) is 0 Å². The summed E-state index contributed by atoms with van der Waals surface area (Å²) >= 11 is 0. The van der Waals surface area contributed by atoms with Crippen LogP contribution in [-0.2, 0) is 0 Å². The number of benzene rings is 1. The molecule has 108 valence electrons. The molecule has 0 aliphatic carbocycles. The monoisotopic (exact) mass is 269 g/mol. The summed E-state index contributed by atoms with van der Waals surface area (Å²) in [7, 11) is 0. The van der Waals surface area contributed by atoms with E-state index in [1.54, 1.807) is 0 Å². The molecule has 2 rings (SSSR count). The van der Waals surface area contributed by atoms with Gasteiger partial charge in [-0.15, -0.1) is 0 Å². The van der Waals surface area contributed by atoms with E-state index in [0.717, 1.165) is 0 Å². The molecular weight excluding hydrogens is 242 g/mol. The van der Waals surface area contributed by atoms with Crippen LogP contribution in [0.25, 0.3) is 11.3 Å². The van der Waals surface area contributed by atoms with Crippen LogP contribution in [0.1, 0.15) is 76.0 Å². The molecule has 1 heteroatoms. The third-order valence-corrected chi connectivity index (χ3v) is 4.00. The summed E-state index contributed by atoms with van der Waals surface area (Å²) in [6.45, 7) is 13.7. The first-order valence-electron chi connectivity index (χ1n) is 7.73. The molecule has 0 fully saturated rings. The van der Waals surface area contributed by atoms with E-state index in [1.165, 1.54) is 27.9 Å². The summed E-state index contributed by atoms with van der Waals surface area (Å²) in [6.07, 6.45) is 2.01. The molecule has 1 N–H and O–H groups in total. The fraction of sp³-hybridized carbons (Fsp3) is 0.474. The van der Waals surface area contributed by atoms with Crippen LogP contribution < -0.4 is 0 Å². The first-order chi connectivity index (χ1) is 9.41. The summed E-state index contributed by atoms with van der Waals surface area (Å²) < 4.78 is 0. The lowest BCUT2D eigenvalue weighted by molar-refractivity contribution is 0.806. The number of aromatic amines is 1. The van der Waals surface area contributed by atoms with Crippen LogP contribution in [0.5, 0.6) is 0 Å². The molecule has 0 aliphatic rings. The Bertz CT molecular complexity index is 530. The molecule has 1 aromatic carbocycles. The molecule has 2 aromatic rings. The molecule has 0 atom stereocenters. The standard InChI is InChI=1S/C19H27N/c1-12(2)15-10-16(13(3)4)19(17(11-15)14(5)6)18-8-7-9-20-18/h7-14,20H,1-6H3. The molecule has 0 saturated heterocycles. The van der Waals surface area contributed by atoms with Crippen molar-refractivity contribution < 1.29 is 0 Å². The average Bonchev–Trinajstić information content (AvgIpc) is 2.90. The highest BCUT2D eigenvalue weighted by Crippen LogP contribution is 2.37. The zero-order valence-corrected chi connectivity index (χ0v) is 13.6. The summed E-state index contributed by atoms with van der Waals surface area (Å²) in [5.74, 6) is 1.64. The molecule has 0 amide bonds. The topological polar surface area (TPSA) is 15.8 Å². The van der Waals surface area contributed by atoms with Gasteiger partial charge in [0.15, 0.2) is 0 Å². The lowest BCUT2D eigenvalue weighted by Gasteiger charge is -2.22. The van der Waals surface area contributed by atoms with Crippen molar-refractivity contribution in [1.29, 1.82) is 0 Å². The van der Waals surface area contributed by atoms with Gasteiger partial charge in [-0.2, -0.15) is 0 Å². The molecule has 0 unspecified atom stereocenters. The van der Waals surface area contributed by atoms with Crippen LogP contribution >= 0.6 is 0 Å². The molecule has 1 aromatic heterocycles. The molecule has 0 saturated carbocycles. The molecule has 20 heavy (non-hydrogen) atoms. The molecule has 0 spiro atoms. The number of hydrogen-bond donors (Lipinski definition) is 1. The van der Waals surface area contributed by atoms with Gasteiger partial charge in [-0.1, -0.05) is 53.7 Å². The van der Waals surface area contributed by atoms with Gasteiger partial charge in [0.1, 0.15) is 0 Å². The van der Waals surface area contributed by atoms with Crippen LogP contribution in [0.4, 0.5) is 0 Å². The summed E-state index contributed by atoms with van der Waals surface area (Å²) in [4.78, 5) is 3.39. The predicted octanol–water partition coefficient (Wildman–Crippen LogP) is 6.05. The summed E-state index contributed by atoms with van der Waals surface area (Å²) in [5.41, 5.74) is 7.02. The number of rotatable bonds is 4. The van der Waals surface area contributed by atoms with Crippen molar-refractivity contribution in [2.75, 3.05) is 0 Å². The lowest BCUT2D eigenvalue weighted by Crippen LogP contribution is -2.03. The van der Waals surface area contributed by atoms with E-state index in [0.29, 0.717) is 17.8 Å². The Morgan fingerprint density at radius 3 is 1.70 bits per heavy atom. The predicted molar refractivity (Wildman–Crippen MR) is 88.5 cm³/mol. The van der Waals surface area contributed by atoms with E-state index in [9.17, 15) is 0 Å². The highest BCUT2D eigenvalue weighted by atomic mass is 14.7. The third kappa shape index (κ3) is 2.82. The van der Waals surface area contributed by atoms with Gasteiger partial charge in [0, 0.05) is 17.5 Å². The van der Waals surface area contributed by atoms with Crippen molar-refractivity contribution in [3.8, 4) is 11.3 Å². The molecular formula is C19H27N. The van der Waals surface area contributed by atoms with Crippen LogP contribution in [0.2, 0.25) is 0 Å². The maximum absolute atomic E-state index is 3.39. The quantitative estimate of drug-likeness (QED) is 0.695. The lowest BCUT2D eigenvalue weighted by atomic mass is 9.83. The van der Waals surface area contributed by atoms with E-state index in [1.807, 2.05) is 6.20 Å². The molecule has 0 bridgehead atoms. The van der Waals surface area contributed by atoms with Crippen molar-refractivity contribution >= 4 is 0 Å². The van der Waals surface area contributed by atoms with Gasteiger partial charge < -0.3 is 4.98 Å². The highest BCUT2D eigenvalue weighted by Gasteiger charge is 2.18. The van der Waals surface area contributed by atoms with E-state index in [4.69, 9.17) is 0 Å². The minimum Gasteiger partial charge on any atom is -0.361 e. The largest absolute Gasteiger partial charge is 0.361 e. The number of H-pyrrole nitrogens is 1. The average molecular weight is 269 g/mol. The van der Waals surface area contributed by atoms with E-state index >= 15 is 0 Å². The van der Waals surface area contributed by atoms with Crippen molar-refractivity contribution in [3.05, 3.63) is 47.2 Å². The molecule has 1 heterocycles. The Morgan fingerprint density at radius 2 is 1.35 bits per heavy atom. The van der Waals surface area contributed by atoms with E-state index < -0.39 is 0 Å². The van der Waals surface area contributed by atoms with Gasteiger partial charge in [0.2, 0.25) is 0 Å².